The molecule has 0 saturated carbocycles. The molecule has 1 fully saturated rings. The Bertz CT molecular complexity index is 966. The van der Waals surface area contributed by atoms with Crippen LogP contribution in [0.25, 0.3) is 0 Å². The zero-order valence-electron chi connectivity index (χ0n) is 17.4. The highest BCUT2D eigenvalue weighted by molar-refractivity contribution is 6.00. The quantitative estimate of drug-likeness (QED) is 0.762. The fourth-order valence-corrected chi connectivity index (χ4v) is 4.42. The van der Waals surface area contributed by atoms with Crippen LogP contribution in [0, 0.1) is 0 Å². The molecule has 2 aliphatic heterocycles. The number of methoxy groups -OCH3 is 2. The summed E-state index contributed by atoms with van der Waals surface area (Å²) in [6, 6.07) is 12.6. The average Bonchev–Trinajstić information content (AvgIpc) is 2.78. The number of rotatable bonds is 5. The number of amides is 1. The fourth-order valence-electron chi connectivity index (χ4n) is 4.42. The number of Topliss-reactive ketones (excluding diaryl/α,β-unsaturated/α-hetero) is 1. The van der Waals surface area contributed by atoms with E-state index in [9.17, 15) is 9.59 Å². The number of hydrogen-bond donors (Lipinski definition) is 1. The Morgan fingerprint density at radius 3 is 2.50 bits per heavy atom. The van der Waals surface area contributed by atoms with Crippen LogP contribution in [0.15, 0.2) is 42.5 Å². The molecule has 7 heteroatoms. The Labute approximate surface area is 175 Å². The smallest absolute Gasteiger partial charge is 0.413 e. The van der Waals surface area contributed by atoms with E-state index < -0.39 is 11.6 Å². The fraction of sp³-hybridized carbons (Fsp3) is 0.391. The minimum absolute atomic E-state index is 0.0308. The van der Waals surface area contributed by atoms with Gasteiger partial charge in [0.15, 0.2) is 17.3 Å². The average molecular weight is 410 g/mol. The molecule has 0 aliphatic carbocycles. The molecule has 1 spiro atoms. The Kier molecular flexibility index (Phi) is 5.39. The van der Waals surface area contributed by atoms with Crippen molar-refractivity contribution in [2.45, 2.75) is 31.3 Å². The lowest BCUT2D eigenvalue weighted by Gasteiger charge is -2.46. The van der Waals surface area contributed by atoms with Crippen molar-refractivity contribution in [3.05, 3.63) is 53.6 Å². The van der Waals surface area contributed by atoms with Crippen LogP contribution in [0.1, 0.15) is 35.7 Å². The number of para-hydroxylation sites is 1. The molecule has 2 aromatic carbocycles. The summed E-state index contributed by atoms with van der Waals surface area (Å²) in [5, 5.41) is 3.03. The first-order chi connectivity index (χ1) is 14.5. The molecule has 30 heavy (non-hydrogen) atoms. The van der Waals surface area contributed by atoms with Crippen LogP contribution < -0.4 is 19.5 Å². The van der Waals surface area contributed by atoms with Gasteiger partial charge in [0, 0.05) is 24.2 Å². The normalized spacial score (nSPS) is 18.7. The molecular formula is C23H26N2O5. The minimum Gasteiger partial charge on any atom is -0.493 e. The monoisotopic (exact) mass is 410 g/mol. The van der Waals surface area contributed by atoms with E-state index in [1.165, 1.54) is 0 Å². The lowest BCUT2D eigenvalue weighted by molar-refractivity contribution is 0.0667. The number of nitrogens with zero attached hydrogens (tertiary/aromatic N) is 1. The molecule has 0 aromatic heterocycles. The maximum absolute atomic E-state index is 13.1. The van der Waals surface area contributed by atoms with Crippen LogP contribution in [-0.4, -0.2) is 50.1 Å². The standard InChI is InChI=1S/C23H26N2O5/c1-15(21(26)16-8-9-19(28-2)20(14-16)29-3)25-12-10-23(11-13-25)17-6-4-5-7-18(17)30-22(27)24-23/h4-9,14-15H,10-13H2,1-3H3,(H,24,27). The van der Waals surface area contributed by atoms with Crippen molar-refractivity contribution >= 4 is 11.9 Å². The van der Waals surface area contributed by atoms with Gasteiger partial charge in [-0.25, -0.2) is 4.79 Å². The van der Waals surface area contributed by atoms with Gasteiger partial charge in [-0.15, -0.1) is 0 Å². The number of carbonyl (C=O) groups excluding carboxylic acids is 2. The second-order valence-electron chi connectivity index (χ2n) is 7.74. The van der Waals surface area contributed by atoms with E-state index in [1.807, 2.05) is 31.2 Å². The first-order valence-electron chi connectivity index (χ1n) is 10.1. The van der Waals surface area contributed by atoms with Crippen LogP contribution in [0.4, 0.5) is 4.79 Å². The largest absolute Gasteiger partial charge is 0.493 e. The molecule has 2 aliphatic rings. The maximum atomic E-state index is 13.1. The molecule has 0 bridgehead atoms. The second kappa shape index (κ2) is 7.99. The Morgan fingerprint density at radius 2 is 1.80 bits per heavy atom. The number of likely N-dealkylation sites (tertiary alicyclic amines) is 1. The Morgan fingerprint density at radius 1 is 1.10 bits per heavy atom. The van der Waals surface area contributed by atoms with E-state index in [0.717, 1.165) is 5.56 Å². The van der Waals surface area contributed by atoms with Crippen molar-refractivity contribution in [3.8, 4) is 17.2 Å². The number of ketones is 1. The number of ether oxygens (including phenoxy) is 3. The molecule has 1 atom stereocenters. The van der Waals surface area contributed by atoms with Crippen LogP contribution in [0.5, 0.6) is 17.2 Å². The summed E-state index contributed by atoms with van der Waals surface area (Å²) in [5.74, 6) is 1.78. The van der Waals surface area contributed by atoms with Crippen molar-refractivity contribution in [1.82, 2.24) is 10.2 Å². The van der Waals surface area contributed by atoms with Crippen molar-refractivity contribution in [3.63, 3.8) is 0 Å². The van der Waals surface area contributed by atoms with E-state index in [-0.39, 0.29) is 11.8 Å². The lowest BCUT2D eigenvalue weighted by atomic mass is 9.79. The molecule has 2 aromatic rings. The van der Waals surface area contributed by atoms with Crippen LogP contribution in [-0.2, 0) is 5.54 Å². The van der Waals surface area contributed by atoms with E-state index in [0.29, 0.717) is 48.7 Å². The highest BCUT2D eigenvalue weighted by Gasteiger charge is 2.44. The van der Waals surface area contributed by atoms with E-state index in [1.54, 1.807) is 32.4 Å². The maximum Gasteiger partial charge on any atom is 0.413 e. The molecule has 1 N–H and O–H groups in total. The summed E-state index contributed by atoms with van der Waals surface area (Å²) >= 11 is 0. The highest BCUT2D eigenvalue weighted by atomic mass is 16.6. The van der Waals surface area contributed by atoms with Gasteiger partial charge in [-0.1, -0.05) is 18.2 Å². The van der Waals surface area contributed by atoms with E-state index in [4.69, 9.17) is 14.2 Å². The first kappa shape index (κ1) is 20.2. The molecule has 4 rings (SSSR count). The van der Waals surface area contributed by atoms with Gasteiger partial charge in [0.1, 0.15) is 5.75 Å². The van der Waals surface area contributed by atoms with Crippen LogP contribution in [0.3, 0.4) is 0 Å². The summed E-state index contributed by atoms with van der Waals surface area (Å²) in [6.45, 7) is 3.30. The molecule has 158 valence electrons. The molecule has 1 saturated heterocycles. The van der Waals surface area contributed by atoms with Crippen LogP contribution >= 0.6 is 0 Å². The van der Waals surface area contributed by atoms with Gasteiger partial charge >= 0.3 is 6.09 Å². The summed E-state index contributed by atoms with van der Waals surface area (Å²) in [7, 11) is 3.12. The zero-order valence-corrected chi connectivity index (χ0v) is 17.4. The van der Waals surface area contributed by atoms with Gasteiger partial charge in [-0.2, -0.15) is 0 Å². The molecule has 2 heterocycles. The van der Waals surface area contributed by atoms with Gasteiger partial charge < -0.3 is 19.5 Å². The summed E-state index contributed by atoms with van der Waals surface area (Å²) in [4.78, 5) is 27.4. The zero-order chi connectivity index (χ0) is 21.3. The summed E-state index contributed by atoms with van der Waals surface area (Å²) in [6.07, 6.45) is 1.00. The SMILES string of the molecule is COc1ccc(C(=O)C(C)N2CCC3(CC2)NC(=O)Oc2ccccc23)cc1OC. The van der Waals surface area contributed by atoms with E-state index in [2.05, 4.69) is 10.2 Å². The third kappa shape index (κ3) is 3.50. The number of carbonyl (C=O) groups is 2. The van der Waals surface area contributed by atoms with Crippen molar-refractivity contribution < 1.29 is 23.8 Å². The number of nitrogens with one attached hydrogen (secondary N) is 1. The number of benzene rings is 2. The van der Waals surface area contributed by atoms with Gasteiger partial charge in [0.25, 0.3) is 0 Å². The summed E-state index contributed by atoms with van der Waals surface area (Å²) in [5.41, 5.74) is 1.14. The molecule has 7 nitrogen and oxygen atoms in total. The molecule has 1 amide bonds. The molecular weight excluding hydrogens is 384 g/mol. The lowest BCUT2D eigenvalue weighted by Crippen LogP contribution is -2.57. The van der Waals surface area contributed by atoms with Gasteiger partial charge in [0.05, 0.1) is 25.8 Å². The predicted molar refractivity (Wildman–Crippen MR) is 111 cm³/mol. The predicted octanol–water partition coefficient (Wildman–Crippen LogP) is 3.37. The molecule has 0 radical (unpaired) electrons. The number of fused-ring (bicyclic) bond motifs is 2. The van der Waals surface area contributed by atoms with Crippen molar-refractivity contribution in [2.24, 2.45) is 0 Å². The topological polar surface area (TPSA) is 77.1 Å². The third-order valence-electron chi connectivity index (χ3n) is 6.19. The molecule has 1 unspecified atom stereocenters. The van der Waals surface area contributed by atoms with Gasteiger partial charge in [-0.05, 0) is 44.0 Å². The summed E-state index contributed by atoms with van der Waals surface area (Å²) < 4.78 is 15.9. The van der Waals surface area contributed by atoms with E-state index >= 15 is 0 Å². The Balaban J connectivity index is 1.49. The van der Waals surface area contributed by atoms with Crippen molar-refractivity contribution in [1.29, 1.82) is 0 Å². The number of hydrogen-bond acceptors (Lipinski definition) is 6. The minimum atomic E-state index is -0.450. The van der Waals surface area contributed by atoms with Gasteiger partial charge in [0.2, 0.25) is 0 Å². The van der Waals surface area contributed by atoms with Crippen LogP contribution in [0.2, 0.25) is 0 Å². The van der Waals surface area contributed by atoms with Gasteiger partial charge in [-0.3, -0.25) is 9.69 Å². The Hall–Kier alpha value is -3.06. The van der Waals surface area contributed by atoms with Crippen molar-refractivity contribution in [2.75, 3.05) is 27.3 Å². The third-order valence-corrected chi connectivity index (χ3v) is 6.19. The number of piperidine rings is 1. The first-order valence-corrected chi connectivity index (χ1v) is 10.1. The highest BCUT2D eigenvalue weighted by Crippen LogP contribution is 2.41. The second-order valence-corrected chi connectivity index (χ2v) is 7.74.